The molecular formula is C14H27N2O2P. The Labute approximate surface area is 119 Å². The SMILES string of the molecule is CC1CC(OP(OCCC#N)N(C(C)C)C(C)C)C1. The van der Waals surface area contributed by atoms with Crippen molar-refractivity contribution in [2.75, 3.05) is 6.61 Å². The molecular weight excluding hydrogens is 259 g/mol. The van der Waals surface area contributed by atoms with E-state index < -0.39 is 8.53 Å². The Kier molecular flexibility index (Phi) is 7.25. The first kappa shape index (κ1) is 16.9. The molecule has 0 N–H and O–H groups in total. The van der Waals surface area contributed by atoms with E-state index in [0.717, 1.165) is 18.8 Å². The van der Waals surface area contributed by atoms with Crippen molar-refractivity contribution in [3.05, 3.63) is 0 Å². The summed E-state index contributed by atoms with van der Waals surface area (Å²) >= 11 is 0. The summed E-state index contributed by atoms with van der Waals surface area (Å²) < 4.78 is 14.3. The Hall–Kier alpha value is -0.200. The summed E-state index contributed by atoms with van der Waals surface area (Å²) in [7, 11) is -1.05. The normalized spacial score (nSPS) is 24.6. The summed E-state index contributed by atoms with van der Waals surface area (Å²) in [6.07, 6.45) is 3.02. The van der Waals surface area contributed by atoms with Crippen molar-refractivity contribution in [1.29, 1.82) is 5.26 Å². The Bertz CT molecular complexity index is 290. The van der Waals surface area contributed by atoms with Crippen LogP contribution in [0.1, 0.15) is 53.9 Å². The standard InChI is InChI=1S/C14H27N2O2P/c1-11(2)16(12(3)4)19(17-8-6-7-15)18-14-9-13(5)10-14/h11-14H,6,8-10H2,1-5H3. The summed E-state index contributed by atoms with van der Waals surface area (Å²) in [4.78, 5) is 0. The maximum absolute atomic E-state index is 8.63. The highest BCUT2D eigenvalue weighted by Gasteiger charge is 2.34. The van der Waals surface area contributed by atoms with Crippen LogP contribution in [0.25, 0.3) is 0 Å². The lowest BCUT2D eigenvalue weighted by molar-refractivity contribution is 0.0505. The summed E-state index contributed by atoms with van der Waals surface area (Å²) in [6.45, 7) is 11.4. The monoisotopic (exact) mass is 286 g/mol. The average Bonchev–Trinajstić information content (AvgIpc) is 2.25. The highest BCUT2D eigenvalue weighted by Crippen LogP contribution is 2.50. The van der Waals surface area contributed by atoms with Gasteiger partial charge in [-0.1, -0.05) is 6.92 Å². The third-order valence-electron chi connectivity index (χ3n) is 3.23. The van der Waals surface area contributed by atoms with E-state index in [9.17, 15) is 0 Å². The molecule has 1 fully saturated rings. The molecule has 0 bridgehead atoms. The van der Waals surface area contributed by atoms with Crippen molar-refractivity contribution in [1.82, 2.24) is 4.67 Å². The molecule has 0 spiro atoms. The van der Waals surface area contributed by atoms with Crippen LogP contribution in [-0.2, 0) is 9.05 Å². The minimum absolute atomic E-state index is 0.336. The van der Waals surface area contributed by atoms with E-state index in [1.165, 1.54) is 0 Å². The lowest BCUT2D eigenvalue weighted by atomic mass is 9.84. The minimum atomic E-state index is -1.05. The number of nitriles is 1. The molecule has 1 atom stereocenters. The maximum Gasteiger partial charge on any atom is 0.259 e. The molecule has 0 heterocycles. The molecule has 0 aromatic heterocycles. The molecule has 0 amide bonds. The zero-order valence-electron chi connectivity index (χ0n) is 12.8. The molecule has 110 valence electrons. The van der Waals surface area contributed by atoms with E-state index in [1.807, 2.05) is 0 Å². The van der Waals surface area contributed by atoms with Crippen LogP contribution in [-0.4, -0.2) is 29.5 Å². The van der Waals surface area contributed by atoms with Gasteiger partial charge < -0.3 is 9.05 Å². The van der Waals surface area contributed by atoms with Crippen LogP contribution in [0.15, 0.2) is 0 Å². The van der Waals surface area contributed by atoms with E-state index in [4.69, 9.17) is 14.3 Å². The molecule has 1 rings (SSSR count). The number of rotatable bonds is 8. The Morgan fingerprint density at radius 2 is 1.84 bits per heavy atom. The highest BCUT2D eigenvalue weighted by molar-refractivity contribution is 7.44. The van der Waals surface area contributed by atoms with Crippen LogP contribution in [0.3, 0.4) is 0 Å². The third kappa shape index (κ3) is 5.36. The van der Waals surface area contributed by atoms with Gasteiger partial charge in [-0.3, -0.25) is 0 Å². The first-order chi connectivity index (χ1) is 8.95. The summed E-state index contributed by atoms with van der Waals surface area (Å²) in [6, 6.07) is 2.88. The molecule has 0 aliphatic heterocycles. The smallest absolute Gasteiger partial charge is 0.259 e. The molecule has 19 heavy (non-hydrogen) atoms. The van der Waals surface area contributed by atoms with Gasteiger partial charge in [0.05, 0.1) is 25.2 Å². The van der Waals surface area contributed by atoms with E-state index in [2.05, 4.69) is 45.4 Å². The zero-order valence-corrected chi connectivity index (χ0v) is 13.7. The minimum Gasteiger partial charge on any atom is -0.321 e. The van der Waals surface area contributed by atoms with Crippen molar-refractivity contribution >= 4 is 8.53 Å². The molecule has 5 heteroatoms. The maximum atomic E-state index is 8.63. The van der Waals surface area contributed by atoms with E-state index >= 15 is 0 Å². The zero-order chi connectivity index (χ0) is 14.4. The molecule has 0 saturated heterocycles. The molecule has 1 unspecified atom stereocenters. The Balaban J connectivity index is 2.58. The van der Waals surface area contributed by atoms with Crippen molar-refractivity contribution in [2.45, 2.75) is 72.1 Å². The van der Waals surface area contributed by atoms with Crippen LogP contribution in [0.2, 0.25) is 0 Å². The van der Waals surface area contributed by atoms with Gasteiger partial charge in [-0.15, -0.1) is 0 Å². The van der Waals surface area contributed by atoms with Gasteiger partial charge in [-0.2, -0.15) is 5.26 Å². The molecule has 1 aliphatic carbocycles. The van der Waals surface area contributed by atoms with Gasteiger partial charge in [0.1, 0.15) is 0 Å². The quantitative estimate of drug-likeness (QED) is 0.498. The predicted octanol–water partition coefficient (Wildman–Crippen LogP) is 4.08. The van der Waals surface area contributed by atoms with Crippen LogP contribution >= 0.6 is 8.53 Å². The second-order valence-electron chi connectivity index (χ2n) is 5.85. The van der Waals surface area contributed by atoms with Crippen molar-refractivity contribution < 1.29 is 9.05 Å². The van der Waals surface area contributed by atoms with Gasteiger partial charge in [0.25, 0.3) is 8.53 Å². The van der Waals surface area contributed by atoms with E-state index in [-0.39, 0.29) is 0 Å². The van der Waals surface area contributed by atoms with Gasteiger partial charge in [0.15, 0.2) is 0 Å². The molecule has 0 radical (unpaired) electrons. The molecule has 4 nitrogen and oxygen atoms in total. The fourth-order valence-corrected chi connectivity index (χ4v) is 4.07. The predicted molar refractivity (Wildman–Crippen MR) is 78.5 cm³/mol. The van der Waals surface area contributed by atoms with Gasteiger partial charge >= 0.3 is 0 Å². The van der Waals surface area contributed by atoms with Gasteiger partial charge in [-0.05, 0) is 46.5 Å². The van der Waals surface area contributed by atoms with Gasteiger partial charge in [0, 0.05) is 12.1 Å². The van der Waals surface area contributed by atoms with Gasteiger partial charge in [0.2, 0.25) is 0 Å². The van der Waals surface area contributed by atoms with Crippen molar-refractivity contribution in [2.24, 2.45) is 5.92 Å². The lowest BCUT2D eigenvalue weighted by Gasteiger charge is -2.41. The van der Waals surface area contributed by atoms with Crippen LogP contribution in [0.5, 0.6) is 0 Å². The number of hydrogen-bond donors (Lipinski definition) is 0. The number of nitrogens with zero attached hydrogens (tertiary/aromatic N) is 2. The fraction of sp³-hybridized carbons (Fsp3) is 0.929. The lowest BCUT2D eigenvalue weighted by Crippen LogP contribution is -2.37. The van der Waals surface area contributed by atoms with Crippen molar-refractivity contribution in [3.8, 4) is 6.07 Å². The van der Waals surface area contributed by atoms with Crippen LogP contribution in [0.4, 0.5) is 0 Å². The molecule has 1 saturated carbocycles. The Morgan fingerprint density at radius 1 is 1.26 bits per heavy atom. The summed E-state index contributed by atoms with van der Waals surface area (Å²) in [5.41, 5.74) is 0. The summed E-state index contributed by atoms with van der Waals surface area (Å²) in [5, 5.41) is 8.63. The second-order valence-corrected chi connectivity index (χ2v) is 7.26. The fourth-order valence-electron chi connectivity index (χ4n) is 2.34. The summed E-state index contributed by atoms with van der Waals surface area (Å²) in [5.74, 6) is 0.771. The third-order valence-corrected chi connectivity index (χ3v) is 5.41. The van der Waals surface area contributed by atoms with E-state index in [0.29, 0.717) is 31.2 Å². The Morgan fingerprint density at radius 3 is 2.26 bits per heavy atom. The van der Waals surface area contributed by atoms with Crippen LogP contribution < -0.4 is 0 Å². The van der Waals surface area contributed by atoms with Gasteiger partial charge in [-0.25, -0.2) is 4.67 Å². The molecule has 0 aromatic carbocycles. The largest absolute Gasteiger partial charge is 0.321 e. The highest BCUT2D eigenvalue weighted by atomic mass is 31.2. The second kappa shape index (κ2) is 8.17. The first-order valence-electron chi connectivity index (χ1n) is 7.20. The van der Waals surface area contributed by atoms with E-state index in [1.54, 1.807) is 0 Å². The molecule has 0 aromatic rings. The topological polar surface area (TPSA) is 45.5 Å². The van der Waals surface area contributed by atoms with Crippen molar-refractivity contribution in [3.63, 3.8) is 0 Å². The number of hydrogen-bond acceptors (Lipinski definition) is 4. The average molecular weight is 286 g/mol. The van der Waals surface area contributed by atoms with Crippen LogP contribution in [0, 0.1) is 17.2 Å². The first-order valence-corrected chi connectivity index (χ1v) is 8.33. The molecule has 1 aliphatic rings.